The summed E-state index contributed by atoms with van der Waals surface area (Å²) in [6.07, 6.45) is 6.35. The first kappa shape index (κ1) is 15.5. The molecule has 0 radical (unpaired) electrons. The van der Waals surface area contributed by atoms with E-state index in [1.54, 1.807) is 0 Å². The Kier molecular flexibility index (Phi) is 6.11. The topological polar surface area (TPSA) is 39.1 Å². The highest BCUT2D eigenvalue weighted by Crippen LogP contribution is 2.27. The summed E-state index contributed by atoms with van der Waals surface area (Å²) in [5.74, 6) is 0.836. The molecule has 104 valence electrons. The van der Waals surface area contributed by atoms with E-state index in [0.29, 0.717) is 6.04 Å². The zero-order valence-corrected chi connectivity index (χ0v) is 12.5. The summed E-state index contributed by atoms with van der Waals surface area (Å²) in [6, 6.07) is 3.10. The fourth-order valence-corrected chi connectivity index (χ4v) is 2.96. The number of likely N-dealkylation sites (N-methyl/N-ethyl adjacent to an activating group) is 1. The number of nitriles is 1. The molecule has 1 N–H and O–H groups in total. The van der Waals surface area contributed by atoms with Crippen molar-refractivity contribution < 1.29 is 0 Å². The van der Waals surface area contributed by atoms with Crippen LogP contribution < -0.4 is 5.32 Å². The van der Waals surface area contributed by atoms with Gasteiger partial charge in [0.1, 0.15) is 5.54 Å². The Morgan fingerprint density at radius 3 is 2.72 bits per heavy atom. The van der Waals surface area contributed by atoms with Gasteiger partial charge in [0.25, 0.3) is 0 Å². The van der Waals surface area contributed by atoms with E-state index in [1.807, 2.05) is 6.92 Å². The molecule has 3 atom stereocenters. The molecule has 0 aromatic carbocycles. The molecule has 1 aliphatic rings. The molecule has 1 fully saturated rings. The lowest BCUT2D eigenvalue weighted by Crippen LogP contribution is -2.52. The molecule has 0 bridgehead atoms. The van der Waals surface area contributed by atoms with Gasteiger partial charge in [0.05, 0.1) is 6.07 Å². The fraction of sp³-hybridized carbons (Fsp3) is 0.933. The maximum absolute atomic E-state index is 9.37. The Labute approximate surface area is 113 Å². The third-order valence-corrected chi connectivity index (χ3v) is 4.11. The number of hydrogen-bond acceptors (Lipinski definition) is 3. The van der Waals surface area contributed by atoms with Crippen molar-refractivity contribution in [2.75, 3.05) is 20.1 Å². The lowest BCUT2D eigenvalue weighted by molar-refractivity contribution is 0.140. The smallest absolute Gasteiger partial charge is 0.116 e. The van der Waals surface area contributed by atoms with Crippen LogP contribution in [-0.2, 0) is 0 Å². The third kappa shape index (κ3) is 4.59. The average Bonchev–Trinajstić information content (AvgIpc) is 2.36. The van der Waals surface area contributed by atoms with Crippen molar-refractivity contribution in [3.63, 3.8) is 0 Å². The molecule has 1 aliphatic carbocycles. The first-order valence-electron chi connectivity index (χ1n) is 7.37. The second kappa shape index (κ2) is 7.11. The summed E-state index contributed by atoms with van der Waals surface area (Å²) in [6.45, 7) is 8.24. The molecule has 3 unspecified atom stereocenters. The molecule has 0 amide bonds. The molecule has 0 heterocycles. The van der Waals surface area contributed by atoms with Gasteiger partial charge < -0.3 is 4.90 Å². The predicted octanol–water partition coefficient (Wildman–Crippen LogP) is 2.78. The third-order valence-electron chi connectivity index (χ3n) is 4.11. The van der Waals surface area contributed by atoms with Gasteiger partial charge in [0, 0.05) is 12.6 Å². The normalized spacial score (nSPS) is 27.8. The monoisotopic (exact) mass is 251 g/mol. The van der Waals surface area contributed by atoms with Gasteiger partial charge in [-0.2, -0.15) is 5.26 Å². The highest BCUT2D eigenvalue weighted by atomic mass is 15.2. The summed E-state index contributed by atoms with van der Waals surface area (Å²) in [5.41, 5.74) is -0.411. The lowest BCUT2D eigenvalue weighted by atomic mass is 9.86. The van der Waals surface area contributed by atoms with Crippen LogP contribution in [0, 0.1) is 17.2 Å². The Hall–Kier alpha value is -0.590. The molecule has 3 heteroatoms. The van der Waals surface area contributed by atoms with Crippen LogP contribution in [0.4, 0.5) is 0 Å². The molecular formula is C15H29N3. The van der Waals surface area contributed by atoms with E-state index >= 15 is 0 Å². The van der Waals surface area contributed by atoms with Gasteiger partial charge >= 0.3 is 0 Å². The summed E-state index contributed by atoms with van der Waals surface area (Å²) in [4.78, 5) is 2.39. The van der Waals surface area contributed by atoms with Crippen LogP contribution >= 0.6 is 0 Å². The molecule has 0 spiro atoms. The van der Waals surface area contributed by atoms with E-state index in [9.17, 15) is 5.26 Å². The van der Waals surface area contributed by atoms with Crippen molar-refractivity contribution in [2.45, 2.75) is 64.5 Å². The molecule has 1 saturated carbocycles. The van der Waals surface area contributed by atoms with Crippen molar-refractivity contribution in [2.24, 2.45) is 5.92 Å². The fourth-order valence-electron chi connectivity index (χ4n) is 2.96. The zero-order valence-electron chi connectivity index (χ0n) is 12.5. The number of rotatable bonds is 6. The van der Waals surface area contributed by atoms with Gasteiger partial charge in [0.2, 0.25) is 0 Å². The van der Waals surface area contributed by atoms with E-state index in [1.165, 1.54) is 25.7 Å². The zero-order chi connectivity index (χ0) is 13.6. The maximum atomic E-state index is 9.37. The van der Waals surface area contributed by atoms with Crippen molar-refractivity contribution in [3.05, 3.63) is 0 Å². The lowest BCUT2D eigenvalue weighted by Gasteiger charge is -2.37. The minimum atomic E-state index is -0.411. The SMILES string of the molecule is CCCNC(C)(C#N)CN(C)C1CCCC(C)C1. The molecule has 0 aromatic rings. The summed E-state index contributed by atoms with van der Waals surface area (Å²) in [7, 11) is 2.17. The number of nitrogens with zero attached hydrogens (tertiary/aromatic N) is 2. The Balaban J connectivity index is 2.50. The quantitative estimate of drug-likeness (QED) is 0.789. The van der Waals surface area contributed by atoms with E-state index in [2.05, 4.69) is 37.2 Å². The second-order valence-electron chi connectivity index (χ2n) is 6.21. The number of nitrogens with one attached hydrogen (secondary N) is 1. The summed E-state index contributed by atoms with van der Waals surface area (Å²) >= 11 is 0. The average molecular weight is 251 g/mol. The van der Waals surface area contributed by atoms with Gasteiger partial charge in [-0.15, -0.1) is 0 Å². The van der Waals surface area contributed by atoms with Gasteiger partial charge in [0.15, 0.2) is 0 Å². The molecule has 1 rings (SSSR count). The van der Waals surface area contributed by atoms with E-state index < -0.39 is 5.54 Å². The summed E-state index contributed by atoms with van der Waals surface area (Å²) < 4.78 is 0. The standard InChI is InChI=1S/C15H29N3/c1-5-9-17-15(3,11-16)12-18(4)14-8-6-7-13(2)10-14/h13-14,17H,5-10,12H2,1-4H3. The van der Waals surface area contributed by atoms with Crippen LogP contribution in [0.1, 0.15) is 52.9 Å². The highest BCUT2D eigenvalue weighted by Gasteiger charge is 2.29. The first-order valence-corrected chi connectivity index (χ1v) is 7.37. The van der Waals surface area contributed by atoms with Crippen LogP contribution in [0.3, 0.4) is 0 Å². The van der Waals surface area contributed by atoms with Gasteiger partial charge in [-0.3, -0.25) is 5.32 Å². The molecule has 18 heavy (non-hydrogen) atoms. The van der Waals surface area contributed by atoms with E-state index in [-0.39, 0.29) is 0 Å². The van der Waals surface area contributed by atoms with Crippen LogP contribution in [0.2, 0.25) is 0 Å². The van der Waals surface area contributed by atoms with Crippen molar-refractivity contribution in [1.82, 2.24) is 10.2 Å². The molecular weight excluding hydrogens is 222 g/mol. The molecule has 0 saturated heterocycles. The van der Waals surface area contributed by atoms with Crippen molar-refractivity contribution in [1.29, 1.82) is 5.26 Å². The molecule has 0 aromatic heterocycles. The van der Waals surface area contributed by atoms with Gasteiger partial charge in [-0.25, -0.2) is 0 Å². The van der Waals surface area contributed by atoms with E-state index in [4.69, 9.17) is 0 Å². The number of hydrogen-bond donors (Lipinski definition) is 1. The second-order valence-corrected chi connectivity index (χ2v) is 6.21. The Morgan fingerprint density at radius 2 is 2.17 bits per heavy atom. The van der Waals surface area contributed by atoms with Crippen LogP contribution in [-0.4, -0.2) is 36.6 Å². The Morgan fingerprint density at radius 1 is 1.44 bits per heavy atom. The van der Waals surface area contributed by atoms with Crippen molar-refractivity contribution in [3.8, 4) is 6.07 Å². The van der Waals surface area contributed by atoms with E-state index in [0.717, 1.165) is 25.4 Å². The Bertz CT molecular complexity index is 284. The minimum absolute atomic E-state index is 0.411. The molecule has 3 nitrogen and oxygen atoms in total. The first-order chi connectivity index (χ1) is 8.50. The summed E-state index contributed by atoms with van der Waals surface area (Å²) in [5, 5.41) is 12.7. The predicted molar refractivity (Wildman–Crippen MR) is 76.4 cm³/mol. The largest absolute Gasteiger partial charge is 0.301 e. The van der Waals surface area contributed by atoms with Crippen LogP contribution in [0.15, 0.2) is 0 Å². The van der Waals surface area contributed by atoms with Crippen LogP contribution in [0.5, 0.6) is 0 Å². The van der Waals surface area contributed by atoms with Crippen molar-refractivity contribution >= 4 is 0 Å². The minimum Gasteiger partial charge on any atom is -0.301 e. The van der Waals surface area contributed by atoms with Crippen LogP contribution in [0.25, 0.3) is 0 Å². The van der Waals surface area contributed by atoms with Gasteiger partial charge in [-0.05, 0) is 45.7 Å². The highest BCUT2D eigenvalue weighted by molar-refractivity contribution is 5.06. The maximum Gasteiger partial charge on any atom is 0.116 e. The van der Waals surface area contributed by atoms with Gasteiger partial charge in [-0.1, -0.05) is 26.7 Å². The molecule has 0 aliphatic heterocycles.